The summed E-state index contributed by atoms with van der Waals surface area (Å²) in [6, 6.07) is 21.2. The van der Waals surface area contributed by atoms with E-state index in [1.54, 1.807) is 48.5 Å². The second kappa shape index (κ2) is 7.88. The minimum atomic E-state index is -0.720. The zero-order valence-corrected chi connectivity index (χ0v) is 15.5. The van der Waals surface area contributed by atoms with Crippen LogP contribution in [-0.4, -0.2) is 16.7 Å². The molecule has 0 saturated heterocycles. The standard InChI is InChI=1S/C22H15N3O5/c26-21(15-10-4-6-12-17(15)25(28)29)24-19-16-11-5-7-13-18(16)30-20(19)22(27)23-14-8-2-1-3-9-14/h1-13H,(H,23,27)(H,24,26). The molecule has 0 unspecified atom stereocenters. The Balaban J connectivity index is 1.73. The van der Waals surface area contributed by atoms with Gasteiger partial charge in [-0.25, -0.2) is 0 Å². The fraction of sp³-hybridized carbons (Fsp3) is 0. The van der Waals surface area contributed by atoms with Crippen molar-refractivity contribution in [2.45, 2.75) is 0 Å². The molecule has 0 atom stereocenters. The van der Waals surface area contributed by atoms with E-state index in [2.05, 4.69) is 10.6 Å². The number of carbonyl (C=O) groups is 2. The number of hydrogen-bond acceptors (Lipinski definition) is 5. The highest BCUT2D eigenvalue weighted by Gasteiger charge is 2.25. The smallest absolute Gasteiger partial charge is 0.293 e. The van der Waals surface area contributed by atoms with Crippen LogP contribution in [0.4, 0.5) is 17.1 Å². The predicted octanol–water partition coefficient (Wildman–Crippen LogP) is 4.85. The average molecular weight is 401 g/mol. The topological polar surface area (TPSA) is 114 Å². The molecule has 0 spiro atoms. The molecule has 4 rings (SSSR count). The van der Waals surface area contributed by atoms with Crippen LogP contribution in [0.5, 0.6) is 0 Å². The second-order valence-corrected chi connectivity index (χ2v) is 6.35. The summed E-state index contributed by atoms with van der Waals surface area (Å²) in [5.74, 6) is -1.38. The Kier molecular flexibility index (Phi) is 4.96. The van der Waals surface area contributed by atoms with Crippen molar-refractivity contribution in [3.05, 3.63) is 100 Å². The van der Waals surface area contributed by atoms with Crippen molar-refractivity contribution in [3.63, 3.8) is 0 Å². The van der Waals surface area contributed by atoms with Crippen LogP contribution < -0.4 is 10.6 Å². The van der Waals surface area contributed by atoms with Crippen molar-refractivity contribution in [2.24, 2.45) is 0 Å². The summed E-state index contributed by atoms with van der Waals surface area (Å²) in [4.78, 5) is 36.3. The molecule has 8 heteroatoms. The molecular formula is C22H15N3O5. The summed E-state index contributed by atoms with van der Waals surface area (Å²) in [5.41, 5.74) is 0.634. The summed E-state index contributed by atoms with van der Waals surface area (Å²) in [6.07, 6.45) is 0. The molecule has 3 aromatic carbocycles. The number of furan rings is 1. The first-order chi connectivity index (χ1) is 14.5. The van der Waals surface area contributed by atoms with Gasteiger partial charge in [0.2, 0.25) is 5.76 Å². The summed E-state index contributed by atoms with van der Waals surface area (Å²) < 4.78 is 5.69. The number of para-hydroxylation sites is 3. The van der Waals surface area contributed by atoms with Crippen LogP contribution in [0.15, 0.2) is 83.3 Å². The number of nitro groups is 1. The van der Waals surface area contributed by atoms with Gasteiger partial charge in [-0.3, -0.25) is 19.7 Å². The van der Waals surface area contributed by atoms with E-state index in [0.29, 0.717) is 16.7 Å². The largest absolute Gasteiger partial charge is 0.449 e. The van der Waals surface area contributed by atoms with Crippen LogP contribution in [0.1, 0.15) is 20.9 Å². The first kappa shape index (κ1) is 18.9. The monoisotopic (exact) mass is 401 g/mol. The van der Waals surface area contributed by atoms with Crippen LogP contribution in [0.25, 0.3) is 11.0 Å². The van der Waals surface area contributed by atoms with E-state index < -0.39 is 16.7 Å². The Morgan fingerprint density at radius 1 is 0.800 bits per heavy atom. The Morgan fingerprint density at radius 2 is 1.47 bits per heavy atom. The van der Waals surface area contributed by atoms with Gasteiger partial charge < -0.3 is 15.1 Å². The van der Waals surface area contributed by atoms with Gasteiger partial charge in [0.1, 0.15) is 16.8 Å². The van der Waals surface area contributed by atoms with Gasteiger partial charge >= 0.3 is 0 Å². The van der Waals surface area contributed by atoms with E-state index >= 15 is 0 Å². The van der Waals surface area contributed by atoms with Crippen LogP contribution >= 0.6 is 0 Å². The zero-order valence-electron chi connectivity index (χ0n) is 15.5. The van der Waals surface area contributed by atoms with Crippen LogP contribution in [0, 0.1) is 10.1 Å². The number of anilines is 2. The summed E-state index contributed by atoms with van der Waals surface area (Å²) in [7, 11) is 0. The van der Waals surface area contributed by atoms with Gasteiger partial charge in [0.15, 0.2) is 0 Å². The fourth-order valence-corrected chi connectivity index (χ4v) is 3.04. The number of nitrogens with one attached hydrogen (secondary N) is 2. The van der Waals surface area contributed by atoms with Crippen molar-refractivity contribution in [1.29, 1.82) is 0 Å². The highest BCUT2D eigenvalue weighted by molar-refractivity contribution is 6.17. The number of carbonyl (C=O) groups excluding carboxylic acids is 2. The van der Waals surface area contributed by atoms with Gasteiger partial charge in [0, 0.05) is 17.1 Å². The summed E-state index contributed by atoms with van der Waals surface area (Å²) in [6.45, 7) is 0. The number of nitrogens with zero attached hydrogens (tertiary/aromatic N) is 1. The molecule has 0 aliphatic rings. The van der Waals surface area contributed by atoms with Gasteiger partial charge in [-0.15, -0.1) is 0 Å². The van der Waals surface area contributed by atoms with Gasteiger partial charge in [-0.2, -0.15) is 0 Å². The Hall–Kier alpha value is -4.46. The molecule has 148 valence electrons. The number of rotatable bonds is 5. The van der Waals surface area contributed by atoms with Crippen molar-refractivity contribution in [2.75, 3.05) is 10.6 Å². The highest BCUT2D eigenvalue weighted by atomic mass is 16.6. The van der Waals surface area contributed by atoms with E-state index in [1.807, 2.05) is 6.07 Å². The molecule has 30 heavy (non-hydrogen) atoms. The highest BCUT2D eigenvalue weighted by Crippen LogP contribution is 2.32. The summed E-state index contributed by atoms with van der Waals surface area (Å²) >= 11 is 0. The predicted molar refractivity (Wildman–Crippen MR) is 112 cm³/mol. The van der Waals surface area contributed by atoms with E-state index in [0.717, 1.165) is 0 Å². The molecule has 8 nitrogen and oxygen atoms in total. The normalized spacial score (nSPS) is 10.5. The molecule has 0 aliphatic heterocycles. The Morgan fingerprint density at radius 3 is 2.23 bits per heavy atom. The first-order valence-electron chi connectivity index (χ1n) is 8.97. The molecule has 0 bridgehead atoms. The fourth-order valence-electron chi connectivity index (χ4n) is 3.04. The Bertz CT molecular complexity index is 1260. The minimum Gasteiger partial charge on any atom is -0.449 e. The van der Waals surface area contributed by atoms with Crippen molar-refractivity contribution >= 4 is 39.8 Å². The molecule has 0 fully saturated rings. The molecule has 0 aliphatic carbocycles. The molecule has 4 aromatic rings. The quantitative estimate of drug-likeness (QED) is 0.367. The number of fused-ring (bicyclic) bond motifs is 1. The lowest BCUT2D eigenvalue weighted by Crippen LogP contribution is -2.18. The number of hydrogen-bond donors (Lipinski definition) is 2. The maximum absolute atomic E-state index is 12.8. The van der Waals surface area contributed by atoms with Crippen LogP contribution in [0.2, 0.25) is 0 Å². The zero-order chi connectivity index (χ0) is 21.1. The summed E-state index contributed by atoms with van der Waals surface area (Å²) in [5, 5.41) is 17.1. The lowest BCUT2D eigenvalue weighted by Gasteiger charge is -2.08. The maximum atomic E-state index is 12.8. The molecule has 0 radical (unpaired) electrons. The second-order valence-electron chi connectivity index (χ2n) is 6.35. The van der Waals surface area contributed by atoms with Crippen LogP contribution in [0.3, 0.4) is 0 Å². The van der Waals surface area contributed by atoms with Crippen molar-refractivity contribution in [1.82, 2.24) is 0 Å². The molecule has 1 aromatic heterocycles. The lowest BCUT2D eigenvalue weighted by molar-refractivity contribution is -0.385. The van der Waals surface area contributed by atoms with Gasteiger partial charge in [0.25, 0.3) is 17.5 Å². The average Bonchev–Trinajstić information content (AvgIpc) is 3.13. The molecule has 2 amide bonds. The first-order valence-corrected chi connectivity index (χ1v) is 8.97. The molecule has 2 N–H and O–H groups in total. The third-order valence-corrected chi connectivity index (χ3v) is 4.42. The maximum Gasteiger partial charge on any atom is 0.293 e. The molecule has 0 saturated carbocycles. The molecule has 1 heterocycles. The van der Waals surface area contributed by atoms with Crippen molar-refractivity contribution < 1.29 is 18.9 Å². The SMILES string of the molecule is O=C(Nc1c(C(=O)Nc2ccccc2)oc2ccccc12)c1ccccc1[N+](=O)[O-]. The number of benzene rings is 3. The Labute approximate surface area is 170 Å². The van der Waals surface area contributed by atoms with E-state index in [9.17, 15) is 19.7 Å². The third kappa shape index (κ3) is 3.61. The molecular weight excluding hydrogens is 386 g/mol. The number of amides is 2. The number of nitro benzene ring substituents is 1. The van der Waals surface area contributed by atoms with E-state index in [4.69, 9.17) is 4.42 Å². The van der Waals surface area contributed by atoms with Crippen LogP contribution in [-0.2, 0) is 0 Å². The van der Waals surface area contributed by atoms with Gasteiger partial charge in [-0.1, -0.05) is 42.5 Å². The van der Waals surface area contributed by atoms with E-state index in [1.165, 1.54) is 24.3 Å². The third-order valence-electron chi connectivity index (χ3n) is 4.42. The van der Waals surface area contributed by atoms with E-state index in [-0.39, 0.29) is 22.7 Å². The lowest BCUT2D eigenvalue weighted by atomic mass is 10.1. The van der Waals surface area contributed by atoms with Gasteiger partial charge in [-0.05, 0) is 30.3 Å². The minimum absolute atomic E-state index is 0.105. The van der Waals surface area contributed by atoms with Crippen molar-refractivity contribution in [3.8, 4) is 0 Å². The van der Waals surface area contributed by atoms with Gasteiger partial charge in [0.05, 0.1) is 4.92 Å².